The van der Waals surface area contributed by atoms with Crippen LogP contribution in [0.25, 0.3) is 0 Å². The minimum absolute atomic E-state index is 0.297. The molecule has 42 valence electrons. The van der Waals surface area contributed by atoms with Gasteiger partial charge in [-0.2, -0.15) is 5.26 Å². The first-order valence-electron chi connectivity index (χ1n) is 2.42. The molecular formula is C6H7NO. The highest BCUT2D eigenvalue weighted by atomic mass is 16.6. The maximum atomic E-state index is 8.28. The fourth-order valence-electron chi connectivity index (χ4n) is 0.401. The van der Waals surface area contributed by atoms with E-state index in [0.717, 1.165) is 0 Å². The summed E-state index contributed by atoms with van der Waals surface area (Å²) >= 11 is 0. The minimum atomic E-state index is -0.297. The first kappa shape index (κ1) is 5.33. The SMILES string of the molecule is C=C(C#N)C1(C)CO1. The highest BCUT2D eigenvalue weighted by molar-refractivity contribution is 5.31. The number of nitriles is 1. The first-order chi connectivity index (χ1) is 3.69. The van der Waals surface area contributed by atoms with Gasteiger partial charge in [0, 0.05) is 0 Å². The van der Waals surface area contributed by atoms with Crippen LogP contribution < -0.4 is 0 Å². The van der Waals surface area contributed by atoms with Crippen LogP contribution in [0.4, 0.5) is 0 Å². The number of nitrogens with zero attached hydrogens (tertiary/aromatic N) is 1. The number of rotatable bonds is 1. The lowest BCUT2D eigenvalue weighted by molar-refractivity contribution is 0.363. The summed E-state index contributed by atoms with van der Waals surface area (Å²) in [7, 11) is 0. The van der Waals surface area contributed by atoms with Crippen molar-refractivity contribution in [1.29, 1.82) is 5.26 Å². The molecule has 1 rings (SSSR count). The molecule has 1 unspecified atom stereocenters. The van der Waals surface area contributed by atoms with Crippen LogP contribution >= 0.6 is 0 Å². The van der Waals surface area contributed by atoms with Crippen LogP contribution in [0.3, 0.4) is 0 Å². The lowest BCUT2D eigenvalue weighted by Gasteiger charge is -1.95. The van der Waals surface area contributed by atoms with E-state index in [2.05, 4.69) is 6.58 Å². The summed E-state index contributed by atoms with van der Waals surface area (Å²) in [4.78, 5) is 0. The first-order valence-corrected chi connectivity index (χ1v) is 2.42. The van der Waals surface area contributed by atoms with Crippen LogP contribution in [0.5, 0.6) is 0 Å². The zero-order chi connectivity index (χ0) is 6.20. The van der Waals surface area contributed by atoms with Crippen LogP contribution in [-0.2, 0) is 4.74 Å². The van der Waals surface area contributed by atoms with Crippen molar-refractivity contribution in [3.05, 3.63) is 12.2 Å². The monoisotopic (exact) mass is 109 g/mol. The third kappa shape index (κ3) is 0.613. The standard InChI is InChI=1S/C6H7NO/c1-5(3-7)6(2)4-8-6/h1,4H2,2H3. The van der Waals surface area contributed by atoms with Gasteiger partial charge in [-0.1, -0.05) is 6.58 Å². The largest absolute Gasteiger partial charge is 0.364 e. The second kappa shape index (κ2) is 1.33. The van der Waals surface area contributed by atoms with Gasteiger partial charge >= 0.3 is 0 Å². The Morgan fingerprint density at radius 3 is 2.62 bits per heavy atom. The van der Waals surface area contributed by atoms with E-state index in [9.17, 15) is 0 Å². The van der Waals surface area contributed by atoms with Gasteiger partial charge in [-0.3, -0.25) is 0 Å². The predicted octanol–water partition coefficient (Wildman–Crippen LogP) is 0.855. The number of hydrogen-bond donors (Lipinski definition) is 0. The van der Waals surface area contributed by atoms with Crippen molar-refractivity contribution < 1.29 is 4.74 Å². The van der Waals surface area contributed by atoms with Crippen molar-refractivity contribution >= 4 is 0 Å². The third-order valence-corrected chi connectivity index (χ3v) is 1.35. The Morgan fingerprint density at radius 2 is 2.50 bits per heavy atom. The molecule has 1 aliphatic rings. The molecule has 2 nitrogen and oxygen atoms in total. The summed E-state index contributed by atoms with van der Waals surface area (Å²) in [5, 5.41) is 8.28. The minimum Gasteiger partial charge on any atom is -0.364 e. The highest BCUT2D eigenvalue weighted by Gasteiger charge is 2.42. The van der Waals surface area contributed by atoms with Gasteiger partial charge in [-0.05, 0) is 6.92 Å². The van der Waals surface area contributed by atoms with Crippen LogP contribution in [0.1, 0.15) is 6.92 Å². The molecule has 2 heteroatoms. The predicted molar refractivity (Wildman–Crippen MR) is 29.1 cm³/mol. The fraction of sp³-hybridized carbons (Fsp3) is 0.500. The number of hydrogen-bond acceptors (Lipinski definition) is 2. The summed E-state index contributed by atoms with van der Waals surface area (Å²) in [6.45, 7) is 6.03. The molecule has 1 saturated heterocycles. The van der Waals surface area contributed by atoms with E-state index in [1.165, 1.54) is 0 Å². The average molecular weight is 109 g/mol. The summed E-state index contributed by atoms with van der Waals surface area (Å²) in [6.07, 6.45) is 0. The Labute approximate surface area is 48.4 Å². The summed E-state index contributed by atoms with van der Waals surface area (Å²) < 4.78 is 4.93. The van der Waals surface area contributed by atoms with Crippen LogP contribution in [0, 0.1) is 11.3 Å². The summed E-state index contributed by atoms with van der Waals surface area (Å²) in [6, 6.07) is 1.95. The van der Waals surface area contributed by atoms with Crippen molar-refractivity contribution in [3.63, 3.8) is 0 Å². The molecule has 1 aliphatic heterocycles. The molecule has 8 heavy (non-hydrogen) atoms. The Bertz CT molecular complexity index is 162. The van der Waals surface area contributed by atoms with Crippen LogP contribution in [0.2, 0.25) is 0 Å². The van der Waals surface area contributed by atoms with Crippen molar-refractivity contribution in [2.75, 3.05) is 6.61 Å². The maximum absolute atomic E-state index is 8.28. The van der Waals surface area contributed by atoms with E-state index < -0.39 is 0 Å². The van der Waals surface area contributed by atoms with Crippen molar-refractivity contribution in [2.24, 2.45) is 0 Å². The normalized spacial score (nSPS) is 33.5. The molecule has 0 aromatic heterocycles. The smallest absolute Gasteiger partial charge is 0.123 e. The maximum Gasteiger partial charge on any atom is 0.123 e. The molecular weight excluding hydrogens is 102 g/mol. The molecule has 0 amide bonds. The zero-order valence-corrected chi connectivity index (χ0v) is 4.77. The number of epoxide rings is 1. The lowest BCUT2D eigenvalue weighted by Crippen LogP contribution is -2.04. The van der Waals surface area contributed by atoms with E-state index in [0.29, 0.717) is 12.2 Å². The van der Waals surface area contributed by atoms with Gasteiger partial charge in [-0.15, -0.1) is 0 Å². The van der Waals surface area contributed by atoms with Gasteiger partial charge in [0.25, 0.3) is 0 Å². The van der Waals surface area contributed by atoms with Gasteiger partial charge < -0.3 is 4.74 Å². The van der Waals surface area contributed by atoms with Gasteiger partial charge in [0.15, 0.2) is 0 Å². The quantitative estimate of drug-likeness (QED) is 0.370. The lowest BCUT2D eigenvalue weighted by atomic mass is 10.1. The molecule has 0 bridgehead atoms. The number of ether oxygens (including phenoxy) is 1. The molecule has 0 aromatic rings. The highest BCUT2D eigenvalue weighted by Crippen LogP contribution is 2.32. The van der Waals surface area contributed by atoms with Crippen molar-refractivity contribution in [2.45, 2.75) is 12.5 Å². The van der Waals surface area contributed by atoms with Gasteiger partial charge in [-0.25, -0.2) is 0 Å². The Morgan fingerprint density at radius 1 is 2.00 bits per heavy atom. The summed E-state index contributed by atoms with van der Waals surface area (Å²) in [5.41, 5.74) is 0.229. The van der Waals surface area contributed by atoms with E-state index in [1.807, 2.05) is 13.0 Å². The Balaban J connectivity index is 2.63. The molecule has 1 atom stereocenters. The van der Waals surface area contributed by atoms with E-state index >= 15 is 0 Å². The van der Waals surface area contributed by atoms with Gasteiger partial charge in [0.2, 0.25) is 0 Å². The van der Waals surface area contributed by atoms with E-state index in [-0.39, 0.29) is 5.60 Å². The third-order valence-electron chi connectivity index (χ3n) is 1.35. The Hall–Kier alpha value is -0.810. The second-order valence-corrected chi connectivity index (χ2v) is 2.11. The molecule has 0 aliphatic carbocycles. The van der Waals surface area contributed by atoms with Gasteiger partial charge in [0.05, 0.1) is 18.2 Å². The van der Waals surface area contributed by atoms with Crippen molar-refractivity contribution in [3.8, 4) is 6.07 Å². The van der Waals surface area contributed by atoms with Crippen LogP contribution in [-0.4, -0.2) is 12.2 Å². The molecule has 1 fully saturated rings. The fourth-order valence-corrected chi connectivity index (χ4v) is 0.401. The van der Waals surface area contributed by atoms with E-state index in [4.69, 9.17) is 10.00 Å². The molecule has 0 N–H and O–H groups in total. The topological polar surface area (TPSA) is 36.3 Å². The van der Waals surface area contributed by atoms with E-state index in [1.54, 1.807) is 0 Å². The van der Waals surface area contributed by atoms with Gasteiger partial charge in [0.1, 0.15) is 5.60 Å². The van der Waals surface area contributed by atoms with Crippen molar-refractivity contribution in [1.82, 2.24) is 0 Å². The Kier molecular flexibility index (Phi) is 0.887. The molecule has 0 aromatic carbocycles. The average Bonchev–Trinajstić information content (AvgIpc) is 2.47. The van der Waals surface area contributed by atoms with Crippen LogP contribution in [0.15, 0.2) is 12.2 Å². The molecule has 0 spiro atoms. The molecule has 0 radical (unpaired) electrons. The zero-order valence-electron chi connectivity index (χ0n) is 4.77. The summed E-state index contributed by atoms with van der Waals surface area (Å²) in [5.74, 6) is 0. The second-order valence-electron chi connectivity index (χ2n) is 2.11. The molecule has 0 saturated carbocycles. The molecule has 1 heterocycles.